The van der Waals surface area contributed by atoms with Crippen LogP contribution in [-0.2, 0) is 16.6 Å². The molecule has 33 heavy (non-hydrogen) atoms. The van der Waals surface area contributed by atoms with Crippen molar-refractivity contribution >= 4 is 38.5 Å². The van der Waals surface area contributed by atoms with Crippen LogP contribution in [0.4, 0.5) is 5.69 Å². The van der Waals surface area contributed by atoms with Crippen molar-refractivity contribution in [3.8, 4) is 0 Å². The van der Waals surface area contributed by atoms with Crippen molar-refractivity contribution in [2.75, 3.05) is 23.7 Å². The smallest absolute Gasteiger partial charge is 0.264 e. The van der Waals surface area contributed by atoms with Crippen LogP contribution in [0, 0.1) is 0 Å². The molecule has 0 bridgehead atoms. The predicted molar refractivity (Wildman–Crippen MR) is 134 cm³/mol. The summed E-state index contributed by atoms with van der Waals surface area (Å²) in [6.07, 6.45) is 0.884. The molecule has 0 aliphatic carbocycles. The number of hydrogen-bond acceptors (Lipinski definition) is 5. The van der Waals surface area contributed by atoms with Crippen molar-refractivity contribution in [2.45, 2.75) is 17.9 Å². The van der Waals surface area contributed by atoms with E-state index in [1.807, 2.05) is 36.4 Å². The van der Waals surface area contributed by atoms with Crippen molar-refractivity contribution < 1.29 is 13.2 Å². The molecule has 0 unspecified atom stereocenters. The first-order valence-electron chi connectivity index (χ1n) is 10.6. The topological polar surface area (TPSA) is 70.1 Å². The van der Waals surface area contributed by atoms with Gasteiger partial charge in [-0.25, -0.2) is 8.42 Å². The molecule has 1 amide bonds. The second kappa shape index (κ2) is 10.2. The van der Waals surface area contributed by atoms with Gasteiger partial charge in [0.05, 0.1) is 17.1 Å². The number of benzene rings is 3. The molecule has 1 fully saturated rings. The van der Waals surface area contributed by atoms with Crippen LogP contribution in [-0.4, -0.2) is 43.7 Å². The third kappa shape index (κ3) is 5.29. The molecule has 0 aromatic heterocycles. The Bertz CT molecular complexity index is 1230. The lowest BCUT2D eigenvalue weighted by Gasteiger charge is -2.28. The van der Waals surface area contributed by atoms with E-state index in [1.165, 1.54) is 23.5 Å². The van der Waals surface area contributed by atoms with Crippen LogP contribution in [0.25, 0.3) is 0 Å². The van der Waals surface area contributed by atoms with Crippen molar-refractivity contribution in [2.24, 2.45) is 4.99 Å². The maximum atomic E-state index is 13.2. The SMILES string of the molecule is CN(c1ccccc1)S(=O)(=O)c1ccc(C(=O)N2CCCSC2=NCc2ccccc2)cc1. The maximum absolute atomic E-state index is 13.2. The summed E-state index contributed by atoms with van der Waals surface area (Å²) in [4.78, 5) is 19.7. The number of sulfonamides is 1. The fourth-order valence-corrected chi connectivity index (χ4v) is 5.62. The zero-order valence-corrected chi connectivity index (χ0v) is 19.9. The highest BCUT2D eigenvalue weighted by Gasteiger charge is 2.26. The van der Waals surface area contributed by atoms with Crippen LogP contribution < -0.4 is 4.31 Å². The number of amidine groups is 1. The van der Waals surface area contributed by atoms with Gasteiger partial charge in [0.15, 0.2) is 5.17 Å². The molecule has 170 valence electrons. The van der Waals surface area contributed by atoms with Crippen LogP contribution in [0.1, 0.15) is 22.3 Å². The number of anilines is 1. The zero-order chi connectivity index (χ0) is 23.3. The summed E-state index contributed by atoms with van der Waals surface area (Å²) in [5, 5.41) is 0.704. The molecule has 4 rings (SSSR count). The molecule has 0 radical (unpaired) electrons. The summed E-state index contributed by atoms with van der Waals surface area (Å²) in [7, 11) is -2.21. The second-order valence-electron chi connectivity index (χ2n) is 7.58. The van der Waals surface area contributed by atoms with Gasteiger partial charge in [0.25, 0.3) is 15.9 Å². The molecule has 3 aromatic rings. The quantitative estimate of drug-likeness (QED) is 0.516. The van der Waals surface area contributed by atoms with E-state index in [0.29, 0.717) is 29.5 Å². The van der Waals surface area contributed by atoms with E-state index in [2.05, 4.69) is 4.99 Å². The molecule has 3 aromatic carbocycles. The van der Waals surface area contributed by atoms with Gasteiger partial charge in [-0.1, -0.05) is 60.3 Å². The number of thioether (sulfide) groups is 1. The first-order valence-corrected chi connectivity index (χ1v) is 13.1. The number of aliphatic imine (C=N–C) groups is 1. The Morgan fingerprint density at radius 1 is 0.970 bits per heavy atom. The first kappa shape index (κ1) is 23.1. The van der Waals surface area contributed by atoms with Crippen molar-refractivity contribution in [3.63, 3.8) is 0 Å². The normalized spacial score (nSPS) is 15.4. The van der Waals surface area contributed by atoms with Gasteiger partial charge in [-0.2, -0.15) is 0 Å². The lowest BCUT2D eigenvalue weighted by Crippen LogP contribution is -2.39. The number of carbonyl (C=O) groups excluding carboxylic acids is 1. The molecular weight excluding hydrogens is 454 g/mol. The van der Waals surface area contributed by atoms with E-state index in [1.54, 1.807) is 53.1 Å². The Hall–Kier alpha value is -3.10. The van der Waals surface area contributed by atoms with Crippen molar-refractivity contribution in [1.29, 1.82) is 0 Å². The maximum Gasteiger partial charge on any atom is 0.264 e. The predicted octanol–water partition coefficient (Wildman–Crippen LogP) is 4.65. The molecule has 1 saturated heterocycles. The number of para-hydroxylation sites is 1. The summed E-state index contributed by atoms with van der Waals surface area (Å²) < 4.78 is 27.2. The second-order valence-corrected chi connectivity index (χ2v) is 10.6. The molecule has 0 atom stereocenters. The molecule has 0 spiro atoms. The zero-order valence-electron chi connectivity index (χ0n) is 18.3. The highest BCUT2D eigenvalue weighted by atomic mass is 32.2. The number of carbonyl (C=O) groups is 1. The molecular formula is C25H25N3O3S2. The molecule has 0 N–H and O–H groups in total. The van der Waals surface area contributed by atoms with Gasteiger partial charge in [-0.05, 0) is 48.4 Å². The van der Waals surface area contributed by atoms with Crippen LogP contribution in [0.2, 0.25) is 0 Å². The minimum Gasteiger partial charge on any atom is -0.287 e. The average Bonchev–Trinajstić information content (AvgIpc) is 2.88. The van der Waals surface area contributed by atoms with Gasteiger partial charge in [-0.3, -0.25) is 19.0 Å². The van der Waals surface area contributed by atoms with E-state index in [9.17, 15) is 13.2 Å². The fraction of sp³-hybridized carbons (Fsp3) is 0.200. The van der Waals surface area contributed by atoms with Crippen molar-refractivity contribution in [3.05, 3.63) is 96.1 Å². The average molecular weight is 480 g/mol. The minimum absolute atomic E-state index is 0.136. The molecule has 6 nitrogen and oxygen atoms in total. The monoisotopic (exact) mass is 479 g/mol. The Labute approximate surface area is 199 Å². The van der Waals surface area contributed by atoms with E-state index < -0.39 is 10.0 Å². The van der Waals surface area contributed by atoms with Gasteiger partial charge in [0.2, 0.25) is 0 Å². The lowest BCUT2D eigenvalue weighted by atomic mass is 10.2. The summed E-state index contributed by atoms with van der Waals surface area (Å²) in [6.45, 7) is 1.10. The van der Waals surface area contributed by atoms with E-state index >= 15 is 0 Å². The number of hydrogen-bond donors (Lipinski definition) is 0. The largest absolute Gasteiger partial charge is 0.287 e. The lowest BCUT2D eigenvalue weighted by molar-refractivity contribution is 0.0848. The minimum atomic E-state index is -3.73. The van der Waals surface area contributed by atoms with Crippen LogP contribution >= 0.6 is 11.8 Å². The molecule has 0 saturated carbocycles. The molecule has 1 aliphatic rings. The summed E-state index contributed by atoms with van der Waals surface area (Å²) in [6, 6.07) is 24.9. The highest BCUT2D eigenvalue weighted by Crippen LogP contribution is 2.24. The molecule has 1 heterocycles. The van der Waals surface area contributed by atoms with E-state index in [4.69, 9.17) is 0 Å². The van der Waals surface area contributed by atoms with Crippen LogP contribution in [0.15, 0.2) is 94.8 Å². The highest BCUT2D eigenvalue weighted by molar-refractivity contribution is 8.13. The first-order chi connectivity index (χ1) is 16.0. The third-order valence-corrected chi connectivity index (χ3v) is 8.25. The number of rotatable bonds is 6. The van der Waals surface area contributed by atoms with Crippen LogP contribution in [0.3, 0.4) is 0 Å². The van der Waals surface area contributed by atoms with Crippen molar-refractivity contribution in [1.82, 2.24) is 4.90 Å². The van der Waals surface area contributed by atoms with Crippen LogP contribution in [0.5, 0.6) is 0 Å². The fourth-order valence-electron chi connectivity index (χ4n) is 3.48. The Balaban J connectivity index is 1.52. The summed E-state index contributed by atoms with van der Waals surface area (Å²) in [5.74, 6) is 0.745. The number of amides is 1. The Morgan fingerprint density at radius 2 is 1.61 bits per heavy atom. The number of nitrogens with zero attached hydrogens (tertiary/aromatic N) is 3. The van der Waals surface area contributed by atoms with E-state index in [0.717, 1.165) is 17.7 Å². The van der Waals surface area contributed by atoms with Gasteiger partial charge < -0.3 is 0 Å². The van der Waals surface area contributed by atoms with Gasteiger partial charge in [0.1, 0.15) is 0 Å². The Kier molecular flexibility index (Phi) is 7.15. The molecule has 1 aliphatic heterocycles. The Morgan fingerprint density at radius 3 is 2.27 bits per heavy atom. The third-order valence-electron chi connectivity index (χ3n) is 5.35. The van der Waals surface area contributed by atoms with Gasteiger partial charge in [-0.15, -0.1) is 0 Å². The van der Waals surface area contributed by atoms with Gasteiger partial charge >= 0.3 is 0 Å². The standard InChI is InChI=1S/C25H25N3O3S2/c1-27(22-11-6-3-7-12-22)33(30,31)23-15-13-21(14-16-23)24(29)28-17-8-18-32-25(28)26-19-20-9-4-2-5-10-20/h2-7,9-16H,8,17-19H2,1H3. The molecule has 8 heteroatoms. The van der Waals surface area contributed by atoms with E-state index in [-0.39, 0.29) is 10.8 Å². The summed E-state index contributed by atoms with van der Waals surface area (Å²) >= 11 is 1.58. The van der Waals surface area contributed by atoms with Gasteiger partial charge in [0, 0.05) is 24.9 Å². The summed E-state index contributed by atoms with van der Waals surface area (Å²) in [5.41, 5.74) is 2.09.